The van der Waals surface area contributed by atoms with E-state index in [0.717, 1.165) is 29.0 Å². The third-order valence-electron chi connectivity index (χ3n) is 6.25. The number of nitrogens with zero attached hydrogens (tertiary/aromatic N) is 2. The van der Waals surface area contributed by atoms with Crippen molar-refractivity contribution in [1.29, 1.82) is 0 Å². The number of anilines is 1. The minimum atomic E-state index is -0.582. The van der Waals surface area contributed by atoms with Gasteiger partial charge >= 0.3 is 6.09 Å². The van der Waals surface area contributed by atoms with E-state index in [0.29, 0.717) is 50.9 Å². The van der Waals surface area contributed by atoms with Crippen molar-refractivity contribution >= 4 is 23.5 Å². The van der Waals surface area contributed by atoms with Crippen molar-refractivity contribution in [2.24, 2.45) is 0 Å². The number of carbonyl (C=O) groups is 3. The van der Waals surface area contributed by atoms with Gasteiger partial charge in [-0.1, -0.05) is 18.2 Å². The number of carbonyl (C=O) groups excluding carboxylic acids is 3. The number of fused-ring (bicyclic) bond motifs is 1. The minimum absolute atomic E-state index is 0.0214. The van der Waals surface area contributed by atoms with Crippen LogP contribution >= 0.6 is 0 Å². The molecule has 0 radical (unpaired) electrons. The first kappa shape index (κ1) is 27.2. The second-order valence-corrected chi connectivity index (χ2v) is 10.2. The van der Waals surface area contributed by atoms with E-state index < -0.39 is 5.60 Å². The fourth-order valence-corrected chi connectivity index (χ4v) is 4.42. The number of hydrogen-bond acceptors (Lipinski definition) is 5. The smallest absolute Gasteiger partial charge is 0.410 e. The van der Waals surface area contributed by atoms with E-state index in [1.54, 1.807) is 23.8 Å². The van der Waals surface area contributed by atoms with Gasteiger partial charge in [-0.15, -0.1) is 0 Å². The number of methoxy groups -OCH3 is 1. The maximum atomic E-state index is 12.8. The number of Topliss-reactive ketones (excluding diaryl/α,β-unsaturated/α-hetero) is 1. The van der Waals surface area contributed by atoms with Gasteiger partial charge in [-0.25, -0.2) is 4.79 Å². The van der Waals surface area contributed by atoms with Crippen LogP contribution in [0, 0.1) is 0 Å². The van der Waals surface area contributed by atoms with Crippen LogP contribution in [0.1, 0.15) is 68.4 Å². The maximum Gasteiger partial charge on any atom is 0.410 e. The Bertz CT molecular complexity index is 1090. The Kier molecular flexibility index (Phi) is 9.13. The Morgan fingerprint density at radius 2 is 1.78 bits per heavy atom. The molecule has 2 aromatic carbocycles. The van der Waals surface area contributed by atoms with Crippen molar-refractivity contribution in [3.63, 3.8) is 0 Å². The van der Waals surface area contributed by atoms with Crippen LogP contribution in [0.3, 0.4) is 0 Å². The molecule has 0 bridgehead atoms. The molecule has 1 aliphatic rings. The first-order valence-electron chi connectivity index (χ1n) is 12.6. The SMILES string of the molecule is COc1ccccc1CCN(CCCCC(=O)c1ccc2c(c1)CCN2C(C)=O)C(=O)OC(C)(C)C. The molecule has 0 spiro atoms. The lowest BCUT2D eigenvalue weighted by atomic mass is 10.0. The molecule has 7 nitrogen and oxygen atoms in total. The van der Waals surface area contributed by atoms with Gasteiger partial charge < -0.3 is 19.3 Å². The highest BCUT2D eigenvalue weighted by Crippen LogP contribution is 2.29. The summed E-state index contributed by atoms with van der Waals surface area (Å²) in [6, 6.07) is 13.4. The first-order chi connectivity index (χ1) is 17.1. The van der Waals surface area contributed by atoms with E-state index >= 15 is 0 Å². The molecule has 0 unspecified atom stereocenters. The van der Waals surface area contributed by atoms with Crippen LogP contribution in [0.4, 0.5) is 10.5 Å². The van der Waals surface area contributed by atoms with Crippen LogP contribution < -0.4 is 9.64 Å². The number of ether oxygens (including phenoxy) is 2. The Morgan fingerprint density at radius 1 is 1.03 bits per heavy atom. The van der Waals surface area contributed by atoms with E-state index in [9.17, 15) is 14.4 Å². The molecule has 0 aromatic heterocycles. The molecule has 0 N–H and O–H groups in total. The number of amides is 2. The second-order valence-electron chi connectivity index (χ2n) is 10.2. The van der Waals surface area contributed by atoms with Gasteiger partial charge in [-0.05, 0) is 81.8 Å². The molecule has 36 heavy (non-hydrogen) atoms. The normalized spacial score (nSPS) is 12.8. The van der Waals surface area contributed by atoms with Gasteiger partial charge in [0, 0.05) is 44.2 Å². The predicted molar refractivity (Wildman–Crippen MR) is 141 cm³/mol. The molecule has 194 valence electrons. The zero-order valence-corrected chi connectivity index (χ0v) is 22.1. The third-order valence-corrected chi connectivity index (χ3v) is 6.25. The van der Waals surface area contributed by atoms with Crippen molar-refractivity contribution < 1.29 is 23.9 Å². The molecule has 2 aromatic rings. The summed E-state index contributed by atoms with van der Waals surface area (Å²) in [5, 5.41) is 0. The highest BCUT2D eigenvalue weighted by Gasteiger charge is 2.24. The Hall–Kier alpha value is -3.35. The zero-order valence-electron chi connectivity index (χ0n) is 22.1. The summed E-state index contributed by atoms with van der Waals surface area (Å²) < 4.78 is 11.1. The number of rotatable bonds is 10. The molecule has 0 saturated carbocycles. The van der Waals surface area contributed by atoms with Crippen LogP contribution in [0.2, 0.25) is 0 Å². The Labute approximate surface area is 214 Å². The van der Waals surface area contributed by atoms with Gasteiger partial charge in [0.15, 0.2) is 5.78 Å². The van der Waals surface area contributed by atoms with Crippen molar-refractivity contribution in [3.05, 3.63) is 59.2 Å². The van der Waals surface area contributed by atoms with Gasteiger partial charge in [0.05, 0.1) is 7.11 Å². The zero-order chi connectivity index (χ0) is 26.3. The molecule has 3 rings (SSSR count). The molecule has 7 heteroatoms. The second kappa shape index (κ2) is 12.1. The highest BCUT2D eigenvalue weighted by molar-refractivity contribution is 5.98. The fourth-order valence-electron chi connectivity index (χ4n) is 4.42. The lowest BCUT2D eigenvalue weighted by molar-refractivity contribution is -0.116. The number of ketones is 1. The molecule has 1 aliphatic heterocycles. The van der Waals surface area contributed by atoms with Crippen LogP contribution in [0.25, 0.3) is 0 Å². The number of hydrogen-bond donors (Lipinski definition) is 0. The summed E-state index contributed by atoms with van der Waals surface area (Å²) in [5.74, 6) is 0.901. The van der Waals surface area contributed by atoms with Gasteiger partial charge in [0.25, 0.3) is 0 Å². The van der Waals surface area contributed by atoms with Gasteiger partial charge in [0.1, 0.15) is 11.4 Å². The van der Waals surface area contributed by atoms with Gasteiger partial charge in [-0.3, -0.25) is 9.59 Å². The average Bonchev–Trinajstić information content (AvgIpc) is 3.26. The molecule has 0 fully saturated rings. The van der Waals surface area contributed by atoms with E-state index in [1.807, 2.05) is 63.2 Å². The van der Waals surface area contributed by atoms with Gasteiger partial charge in [-0.2, -0.15) is 0 Å². The molecule has 0 atom stereocenters. The molecule has 1 heterocycles. The van der Waals surface area contributed by atoms with Crippen molar-refractivity contribution in [3.8, 4) is 5.75 Å². The molecule has 0 saturated heterocycles. The van der Waals surface area contributed by atoms with E-state index in [1.165, 1.54) is 0 Å². The average molecular weight is 495 g/mol. The van der Waals surface area contributed by atoms with Crippen molar-refractivity contribution in [2.75, 3.05) is 31.6 Å². The van der Waals surface area contributed by atoms with Crippen molar-refractivity contribution in [2.45, 2.75) is 65.4 Å². The standard InChI is InChI=1S/C29H38N2O5/c1-21(32)31-19-16-23-20-24(13-14-25(23)31)26(33)11-8-9-17-30(28(34)36-29(2,3)4)18-15-22-10-6-7-12-27(22)35-5/h6-7,10,12-14,20H,8-9,11,15-19H2,1-5H3. The summed E-state index contributed by atoms with van der Waals surface area (Å²) in [4.78, 5) is 40.9. The van der Waals surface area contributed by atoms with Crippen LogP contribution in [0.5, 0.6) is 5.75 Å². The minimum Gasteiger partial charge on any atom is -0.496 e. The van der Waals surface area contributed by atoms with Crippen LogP contribution in [-0.2, 0) is 22.4 Å². The summed E-state index contributed by atoms with van der Waals surface area (Å²) >= 11 is 0. The Morgan fingerprint density at radius 3 is 2.47 bits per heavy atom. The fraction of sp³-hybridized carbons (Fsp3) is 0.483. The molecular formula is C29H38N2O5. The first-order valence-corrected chi connectivity index (χ1v) is 12.6. The van der Waals surface area contributed by atoms with Crippen LogP contribution in [0.15, 0.2) is 42.5 Å². The third kappa shape index (κ3) is 7.33. The monoisotopic (exact) mass is 494 g/mol. The Balaban J connectivity index is 1.55. The predicted octanol–water partition coefficient (Wildman–Crippen LogP) is 5.44. The largest absolute Gasteiger partial charge is 0.496 e. The van der Waals surface area contributed by atoms with Crippen molar-refractivity contribution in [1.82, 2.24) is 4.90 Å². The summed E-state index contributed by atoms with van der Waals surface area (Å²) in [5.41, 5.74) is 3.08. The summed E-state index contributed by atoms with van der Waals surface area (Å²) in [7, 11) is 1.64. The number of para-hydroxylation sites is 1. The van der Waals surface area contributed by atoms with E-state index in [-0.39, 0.29) is 17.8 Å². The summed E-state index contributed by atoms with van der Waals surface area (Å²) in [6.45, 7) is 8.80. The molecule has 0 aliphatic carbocycles. The summed E-state index contributed by atoms with van der Waals surface area (Å²) in [6.07, 6.45) is 2.84. The topological polar surface area (TPSA) is 76.2 Å². The maximum absolute atomic E-state index is 12.8. The molecular weight excluding hydrogens is 456 g/mol. The van der Waals surface area contributed by atoms with Crippen LogP contribution in [-0.4, -0.2) is 55.0 Å². The number of benzene rings is 2. The lowest BCUT2D eigenvalue weighted by Gasteiger charge is -2.27. The lowest BCUT2D eigenvalue weighted by Crippen LogP contribution is -2.38. The number of unbranched alkanes of at least 4 members (excludes halogenated alkanes) is 1. The van der Waals surface area contributed by atoms with E-state index in [2.05, 4.69) is 0 Å². The van der Waals surface area contributed by atoms with Gasteiger partial charge in [0.2, 0.25) is 5.91 Å². The molecule has 2 amide bonds. The quantitative estimate of drug-likeness (QED) is 0.325. The van der Waals surface area contributed by atoms with E-state index in [4.69, 9.17) is 9.47 Å². The highest BCUT2D eigenvalue weighted by atomic mass is 16.6.